The van der Waals surface area contributed by atoms with Gasteiger partial charge in [0.1, 0.15) is 0 Å². The molecule has 2 aromatic rings. The van der Waals surface area contributed by atoms with Crippen molar-refractivity contribution in [3.63, 3.8) is 0 Å². The molecule has 0 saturated heterocycles. The molecule has 0 spiro atoms. The number of para-hydroxylation sites is 1. The predicted octanol–water partition coefficient (Wildman–Crippen LogP) is 3.85. The van der Waals surface area contributed by atoms with Crippen LogP contribution < -0.4 is 11.5 Å². The molecule has 0 fully saturated rings. The van der Waals surface area contributed by atoms with E-state index in [0.29, 0.717) is 18.5 Å². The number of ketones is 1. The highest BCUT2D eigenvalue weighted by Crippen LogP contribution is 2.33. The molecule has 2 aromatic carbocycles. The number of nitrogens with two attached hydrogens (primary N) is 2. The van der Waals surface area contributed by atoms with Crippen LogP contribution in [0.4, 0.5) is 5.69 Å². The second-order valence-electron chi connectivity index (χ2n) is 6.63. The summed E-state index contributed by atoms with van der Waals surface area (Å²) in [5.74, 6) is -0.212. The SMILES string of the molecule is CC(CCCCCC(=O)c1ccccc1)(C(N)=O)c1ccccc1N. The maximum atomic E-state index is 12.1. The predicted molar refractivity (Wildman–Crippen MR) is 101 cm³/mol. The van der Waals surface area contributed by atoms with Gasteiger partial charge in [-0.1, -0.05) is 61.4 Å². The number of nitrogen functional groups attached to an aromatic ring is 1. The summed E-state index contributed by atoms with van der Waals surface area (Å²) in [6.45, 7) is 1.84. The van der Waals surface area contributed by atoms with Gasteiger partial charge in [0.15, 0.2) is 5.78 Å². The molecule has 4 nitrogen and oxygen atoms in total. The number of carbonyl (C=O) groups is 2. The molecule has 0 heterocycles. The number of hydrogen-bond acceptors (Lipinski definition) is 3. The quantitative estimate of drug-likeness (QED) is 0.414. The third-order valence-electron chi connectivity index (χ3n) is 4.78. The number of amides is 1. The molecule has 132 valence electrons. The van der Waals surface area contributed by atoms with Crippen molar-refractivity contribution in [2.75, 3.05) is 5.73 Å². The Morgan fingerprint density at radius 2 is 1.56 bits per heavy atom. The highest BCUT2D eigenvalue weighted by molar-refractivity contribution is 5.95. The summed E-state index contributed by atoms with van der Waals surface area (Å²) >= 11 is 0. The second kappa shape index (κ2) is 8.47. The molecule has 1 atom stereocenters. The average Bonchev–Trinajstić information content (AvgIpc) is 2.62. The Bertz CT molecular complexity index is 728. The van der Waals surface area contributed by atoms with E-state index in [1.54, 1.807) is 6.07 Å². The molecule has 0 aliphatic carbocycles. The maximum Gasteiger partial charge on any atom is 0.227 e. The molecule has 0 saturated carbocycles. The van der Waals surface area contributed by atoms with E-state index in [2.05, 4.69) is 0 Å². The van der Waals surface area contributed by atoms with Gasteiger partial charge in [-0.25, -0.2) is 0 Å². The number of benzene rings is 2. The van der Waals surface area contributed by atoms with Crippen molar-refractivity contribution in [3.8, 4) is 0 Å². The van der Waals surface area contributed by atoms with Crippen LogP contribution in [0.5, 0.6) is 0 Å². The van der Waals surface area contributed by atoms with Crippen LogP contribution in [0.15, 0.2) is 54.6 Å². The highest BCUT2D eigenvalue weighted by atomic mass is 16.1. The Kier molecular flexibility index (Phi) is 6.34. The van der Waals surface area contributed by atoms with Crippen molar-refractivity contribution in [3.05, 3.63) is 65.7 Å². The zero-order chi connectivity index (χ0) is 18.3. The van der Waals surface area contributed by atoms with E-state index in [9.17, 15) is 9.59 Å². The van der Waals surface area contributed by atoms with Gasteiger partial charge in [0.2, 0.25) is 5.91 Å². The molecule has 4 N–H and O–H groups in total. The summed E-state index contributed by atoms with van der Waals surface area (Å²) < 4.78 is 0. The van der Waals surface area contributed by atoms with E-state index in [0.717, 1.165) is 30.4 Å². The topological polar surface area (TPSA) is 86.2 Å². The van der Waals surface area contributed by atoms with Crippen LogP contribution in [-0.4, -0.2) is 11.7 Å². The van der Waals surface area contributed by atoms with Crippen LogP contribution in [0.2, 0.25) is 0 Å². The number of rotatable bonds is 9. The van der Waals surface area contributed by atoms with Crippen molar-refractivity contribution in [2.24, 2.45) is 5.73 Å². The Hall–Kier alpha value is -2.62. The van der Waals surface area contributed by atoms with E-state index < -0.39 is 5.41 Å². The van der Waals surface area contributed by atoms with E-state index in [-0.39, 0.29) is 11.7 Å². The van der Waals surface area contributed by atoms with Gasteiger partial charge in [-0.05, 0) is 31.4 Å². The normalized spacial score (nSPS) is 13.2. The first kappa shape index (κ1) is 18.7. The number of carbonyl (C=O) groups excluding carboxylic acids is 2. The lowest BCUT2D eigenvalue weighted by molar-refractivity contribution is -0.123. The number of primary amides is 1. The molecule has 0 aliphatic rings. The summed E-state index contributed by atoms with van der Waals surface area (Å²) in [4.78, 5) is 24.1. The smallest absolute Gasteiger partial charge is 0.227 e. The van der Waals surface area contributed by atoms with Crippen molar-refractivity contribution in [1.82, 2.24) is 0 Å². The largest absolute Gasteiger partial charge is 0.398 e. The standard InChI is InChI=1S/C21H26N2O2/c1-21(20(23)25,17-12-7-8-13-18(17)22)15-9-3-6-14-19(24)16-10-4-2-5-11-16/h2,4-5,7-8,10-13H,3,6,9,14-15,22H2,1H3,(H2,23,25). The fourth-order valence-electron chi connectivity index (χ4n) is 3.10. The van der Waals surface area contributed by atoms with Crippen LogP contribution in [0.1, 0.15) is 54.9 Å². The Balaban J connectivity index is 1.87. The van der Waals surface area contributed by atoms with Gasteiger partial charge >= 0.3 is 0 Å². The molecule has 4 heteroatoms. The molecule has 0 radical (unpaired) electrons. The third kappa shape index (κ3) is 4.69. The first-order chi connectivity index (χ1) is 11.9. The van der Waals surface area contributed by atoms with Crippen LogP contribution in [0.3, 0.4) is 0 Å². The molecule has 1 amide bonds. The zero-order valence-corrected chi connectivity index (χ0v) is 14.7. The van der Waals surface area contributed by atoms with Crippen LogP contribution in [-0.2, 0) is 10.2 Å². The van der Waals surface area contributed by atoms with E-state index >= 15 is 0 Å². The minimum absolute atomic E-state index is 0.158. The number of anilines is 1. The van der Waals surface area contributed by atoms with Crippen molar-refractivity contribution < 1.29 is 9.59 Å². The fraction of sp³-hybridized carbons (Fsp3) is 0.333. The first-order valence-electron chi connectivity index (χ1n) is 8.68. The van der Waals surface area contributed by atoms with Gasteiger partial charge < -0.3 is 11.5 Å². The minimum Gasteiger partial charge on any atom is -0.398 e. The molecule has 1 unspecified atom stereocenters. The van der Waals surface area contributed by atoms with E-state index in [1.165, 1.54) is 0 Å². The van der Waals surface area contributed by atoms with Crippen LogP contribution in [0.25, 0.3) is 0 Å². The summed E-state index contributed by atoms with van der Waals surface area (Å²) in [6, 6.07) is 16.7. The second-order valence-corrected chi connectivity index (χ2v) is 6.63. The van der Waals surface area contributed by atoms with Gasteiger partial charge in [0, 0.05) is 17.7 Å². The molecular formula is C21H26N2O2. The lowest BCUT2D eigenvalue weighted by Gasteiger charge is -2.28. The van der Waals surface area contributed by atoms with Gasteiger partial charge in [0.05, 0.1) is 5.41 Å². The van der Waals surface area contributed by atoms with Crippen molar-refractivity contribution in [1.29, 1.82) is 0 Å². The number of Topliss-reactive ketones (excluding diaryl/α,β-unsaturated/α-hetero) is 1. The molecule has 0 aliphatic heterocycles. The Morgan fingerprint density at radius 3 is 2.20 bits per heavy atom. The lowest BCUT2D eigenvalue weighted by Crippen LogP contribution is -2.39. The molecule has 0 aromatic heterocycles. The Morgan fingerprint density at radius 1 is 0.920 bits per heavy atom. The van der Waals surface area contributed by atoms with Crippen molar-refractivity contribution in [2.45, 2.75) is 44.4 Å². The summed E-state index contributed by atoms with van der Waals surface area (Å²) in [5.41, 5.74) is 13.0. The van der Waals surface area contributed by atoms with Gasteiger partial charge in [0.25, 0.3) is 0 Å². The zero-order valence-electron chi connectivity index (χ0n) is 14.7. The van der Waals surface area contributed by atoms with Gasteiger partial charge in [-0.2, -0.15) is 0 Å². The molecule has 2 rings (SSSR count). The summed E-state index contributed by atoms with van der Waals surface area (Å²) in [7, 11) is 0. The monoisotopic (exact) mass is 338 g/mol. The lowest BCUT2D eigenvalue weighted by atomic mass is 9.76. The van der Waals surface area contributed by atoms with Gasteiger partial charge in [-0.15, -0.1) is 0 Å². The minimum atomic E-state index is -0.783. The van der Waals surface area contributed by atoms with E-state index in [4.69, 9.17) is 11.5 Å². The Labute approximate surface area is 149 Å². The van der Waals surface area contributed by atoms with Crippen molar-refractivity contribution >= 4 is 17.4 Å². The third-order valence-corrected chi connectivity index (χ3v) is 4.78. The summed E-state index contributed by atoms with van der Waals surface area (Å²) in [5, 5.41) is 0. The first-order valence-corrected chi connectivity index (χ1v) is 8.68. The number of hydrogen-bond donors (Lipinski definition) is 2. The van der Waals surface area contributed by atoms with Crippen LogP contribution in [0, 0.1) is 0 Å². The molecule has 0 bridgehead atoms. The average molecular weight is 338 g/mol. The van der Waals surface area contributed by atoms with Crippen LogP contribution >= 0.6 is 0 Å². The maximum absolute atomic E-state index is 12.1. The summed E-state index contributed by atoms with van der Waals surface area (Å²) in [6.07, 6.45) is 3.62. The highest BCUT2D eigenvalue weighted by Gasteiger charge is 2.34. The number of unbranched alkanes of at least 4 members (excludes halogenated alkanes) is 2. The fourth-order valence-corrected chi connectivity index (χ4v) is 3.10. The van der Waals surface area contributed by atoms with Gasteiger partial charge in [-0.3, -0.25) is 9.59 Å². The molecule has 25 heavy (non-hydrogen) atoms. The van der Waals surface area contributed by atoms with E-state index in [1.807, 2.05) is 55.5 Å². The molecular weight excluding hydrogens is 312 g/mol.